The third-order valence-corrected chi connectivity index (χ3v) is 4.23. The molecule has 0 radical (unpaired) electrons. The van der Waals surface area contributed by atoms with Gasteiger partial charge in [0.15, 0.2) is 5.75 Å². The van der Waals surface area contributed by atoms with Crippen LogP contribution >= 0.6 is 0 Å². The van der Waals surface area contributed by atoms with Crippen molar-refractivity contribution in [2.45, 2.75) is 56.9 Å². The van der Waals surface area contributed by atoms with E-state index in [1.807, 2.05) is 12.4 Å². The number of piperidine rings is 1. The molecule has 1 atom stereocenters. The van der Waals surface area contributed by atoms with E-state index in [4.69, 9.17) is 4.74 Å². The standard InChI is InChI=1S/C15H23N3O/c1-2-6-12(5-1)15-17-9-14(10-18-15)19-11-13-7-3-4-8-16-13/h9-10,12-13,16H,1-8,11H2. The van der Waals surface area contributed by atoms with Gasteiger partial charge >= 0.3 is 0 Å². The molecular weight excluding hydrogens is 238 g/mol. The molecule has 1 aromatic rings. The molecule has 1 aliphatic carbocycles. The van der Waals surface area contributed by atoms with Crippen molar-refractivity contribution in [2.75, 3.05) is 13.2 Å². The van der Waals surface area contributed by atoms with E-state index >= 15 is 0 Å². The molecule has 2 heterocycles. The van der Waals surface area contributed by atoms with E-state index in [-0.39, 0.29) is 0 Å². The number of rotatable bonds is 4. The SMILES string of the molecule is c1nc(C2CCCC2)ncc1OCC1CCCCN1. The minimum absolute atomic E-state index is 0.489. The van der Waals surface area contributed by atoms with Crippen LogP contribution in [0.15, 0.2) is 12.4 Å². The molecule has 1 aliphatic heterocycles. The molecule has 104 valence electrons. The second-order valence-electron chi connectivity index (χ2n) is 5.72. The average Bonchev–Trinajstić information content (AvgIpc) is 3.01. The van der Waals surface area contributed by atoms with Crippen LogP contribution in [0, 0.1) is 0 Å². The highest BCUT2D eigenvalue weighted by Crippen LogP contribution is 2.32. The Bertz CT molecular complexity index is 381. The van der Waals surface area contributed by atoms with Gasteiger partial charge in [-0.05, 0) is 32.2 Å². The van der Waals surface area contributed by atoms with E-state index in [0.717, 1.165) is 24.7 Å². The van der Waals surface area contributed by atoms with Crippen LogP contribution < -0.4 is 10.1 Å². The van der Waals surface area contributed by atoms with Crippen molar-refractivity contribution >= 4 is 0 Å². The van der Waals surface area contributed by atoms with E-state index in [0.29, 0.717) is 12.0 Å². The summed E-state index contributed by atoms with van der Waals surface area (Å²) in [5.74, 6) is 2.38. The third kappa shape index (κ3) is 3.44. The van der Waals surface area contributed by atoms with Gasteiger partial charge in [-0.25, -0.2) is 9.97 Å². The molecule has 2 aliphatic rings. The number of hydrogen-bond acceptors (Lipinski definition) is 4. The molecule has 4 heteroatoms. The fourth-order valence-electron chi connectivity index (χ4n) is 3.06. The van der Waals surface area contributed by atoms with Crippen molar-refractivity contribution in [1.82, 2.24) is 15.3 Å². The first-order chi connectivity index (χ1) is 9.42. The third-order valence-electron chi connectivity index (χ3n) is 4.23. The van der Waals surface area contributed by atoms with Gasteiger partial charge in [-0.1, -0.05) is 19.3 Å². The van der Waals surface area contributed by atoms with Crippen molar-refractivity contribution in [3.05, 3.63) is 18.2 Å². The minimum atomic E-state index is 0.489. The Balaban J connectivity index is 1.50. The van der Waals surface area contributed by atoms with Gasteiger partial charge in [0, 0.05) is 12.0 Å². The molecule has 0 amide bonds. The van der Waals surface area contributed by atoms with Crippen molar-refractivity contribution in [3.8, 4) is 5.75 Å². The number of nitrogens with zero attached hydrogens (tertiary/aromatic N) is 2. The van der Waals surface area contributed by atoms with Crippen LogP contribution in [-0.4, -0.2) is 29.2 Å². The average molecular weight is 261 g/mol. The molecular formula is C15H23N3O. The van der Waals surface area contributed by atoms with Crippen LogP contribution in [0.4, 0.5) is 0 Å². The Kier molecular flexibility index (Phi) is 4.28. The van der Waals surface area contributed by atoms with Gasteiger partial charge in [0.2, 0.25) is 0 Å². The van der Waals surface area contributed by atoms with Crippen LogP contribution in [0.5, 0.6) is 5.75 Å². The molecule has 0 spiro atoms. The second kappa shape index (κ2) is 6.33. The molecule has 4 nitrogen and oxygen atoms in total. The van der Waals surface area contributed by atoms with Crippen LogP contribution in [0.25, 0.3) is 0 Å². The molecule has 1 aromatic heterocycles. The summed E-state index contributed by atoms with van der Waals surface area (Å²) in [4.78, 5) is 8.94. The molecule has 0 bridgehead atoms. The Morgan fingerprint density at radius 3 is 2.47 bits per heavy atom. The topological polar surface area (TPSA) is 47.0 Å². The van der Waals surface area contributed by atoms with Gasteiger partial charge in [0.25, 0.3) is 0 Å². The van der Waals surface area contributed by atoms with Crippen molar-refractivity contribution in [3.63, 3.8) is 0 Å². The molecule has 0 aromatic carbocycles. The maximum absolute atomic E-state index is 5.78. The second-order valence-corrected chi connectivity index (χ2v) is 5.72. The molecule has 3 rings (SSSR count). The van der Waals surface area contributed by atoms with Crippen molar-refractivity contribution in [1.29, 1.82) is 0 Å². The predicted molar refractivity (Wildman–Crippen MR) is 74.4 cm³/mol. The Morgan fingerprint density at radius 2 is 1.79 bits per heavy atom. The molecule has 2 fully saturated rings. The van der Waals surface area contributed by atoms with E-state index < -0.39 is 0 Å². The summed E-state index contributed by atoms with van der Waals surface area (Å²) in [6, 6.07) is 0.489. The normalized spacial score (nSPS) is 24.5. The smallest absolute Gasteiger partial charge is 0.155 e. The minimum Gasteiger partial charge on any atom is -0.489 e. The fourth-order valence-corrected chi connectivity index (χ4v) is 3.06. The summed E-state index contributed by atoms with van der Waals surface area (Å²) < 4.78 is 5.78. The van der Waals surface area contributed by atoms with Gasteiger partial charge < -0.3 is 10.1 Å². The van der Waals surface area contributed by atoms with Gasteiger partial charge in [0.05, 0.1) is 12.4 Å². The van der Waals surface area contributed by atoms with Gasteiger partial charge in [-0.2, -0.15) is 0 Å². The Hall–Kier alpha value is -1.16. The van der Waals surface area contributed by atoms with Crippen LogP contribution in [-0.2, 0) is 0 Å². The number of hydrogen-bond donors (Lipinski definition) is 1. The predicted octanol–water partition coefficient (Wildman–Crippen LogP) is 2.66. The Labute approximate surface area is 115 Å². The highest BCUT2D eigenvalue weighted by molar-refractivity contribution is 5.14. The van der Waals surface area contributed by atoms with Crippen LogP contribution in [0.3, 0.4) is 0 Å². The molecule has 1 N–H and O–H groups in total. The van der Waals surface area contributed by atoms with Gasteiger partial charge in [-0.15, -0.1) is 0 Å². The monoisotopic (exact) mass is 261 g/mol. The first kappa shape index (κ1) is 12.9. The molecule has 1 unspecified atom stereocenters. The summed E-state index contributed by atoms with van der Waals surface area (Å²) in [7, 11) is 0. The maximum Gasteiger partial charge on any atom is 0.155 e. The molecule has 1 saturated heterocycles. The first-order valence-corrected chi connectivity index (χ1v) is 7.60. The number of nitrogens with one attached hydrogen (secondary N) is 1. The van der Waals surface area contributed by atoms with E-state index in [9.17, 15) is 0 Å². The highest BCUT2D eigenvalue weighted by atomic mass is 16.5. The lowest BCUT2D eigenvalue weighted by molar-refractivity contribution is 0.237. The summed E-state index contributed by atoms with van der Waals surface area (Å²) in [5.41, 5.74) is 0. The van der Waals surface area contributed by atoms with E-state index in [1.165, 1.54) is 44.9 Å². The largest absolute Gasteiger partial charge is 0.489 e. The van der Waals surface area contributed by atoms with E-state index in [1.54, 1.807) is 0 Å². The lowest BCUT2D eigenvalue weighted by Crippen LogP contribution is -2.38. The fraction of sp³-hybridized carbons (Fsp3) is 0.733. The first-order valence-electron chi connectivity index (χ1n) is 7.60. The lowest BCUT2D eigenvalue weighted by atomic mass is 10.1. The molecule has 19 heavy (non-hydrogen) atoms. The molecule has 1 saturated carbocycles. The maximum atomic E-state index is 5.78. The zero-order valence-electron chi connectivity index (χ0n) is 11.5. The summed E-state index contributed by atoms with van der Waals surface area (Å²) >= 11 is 0. The lowest BCUT2D eigenvalue weighted by Gasteiger charge is -2.23. The van der Waals surface area contributed by atoms with Gasteiger partial charge in [0.1, 0.15) is 12.4 Å². The van der Waals surface area contributed by atoms with Crippen LogP contribution in [0.2, 0.25) is 0 Å². The number of ether oxygens (including phenoxy) is 1. The zero-order chi connectivity index (χ0) is 12.9. The number of aromatic nitrogens is 2. The quantitative estimate of drug-likeness (QED) is 0.905. The summed E-state index contributed by atoms with van der Waals surface area (Å²) in [6.45, 7) is 1.84. The van der Waals surface area contributed by atoms with Crippen LogP contribution in [0.1, 0.15) is 56.7 Å². The summed E-state index contributed by atoms with van der Waals surface area (Å²) in [6.07, 6.45) is 12.6. The summed E-state index contributed by atoms with van der Waals surface area (Å²) in [5, 5.41) is 3.48. The zero-order valence-corrected chi connectivity index (χ0v) is 11.5. The van der Waals surface area contributed by atoms with Gasteiger partial charge in [-0.3, -0.25) is 0 Å². The Morgan fingerprint density at radius 1 is 1.05 bits per heavy atom. The van der Waals surface area contributed by atoms with Crippen molar-refractivity contribution in [2.24, 2.45) is 0 Å². The van der Waals surface area contributed by atoms with Crippen molar-refractivity contribution < 1.29 is 4.74 Å². The highest BCUT2D eigenvalue weighted by Gasteiger charge is 2.19. The van der Waals surface area contributed by atoms with E-state index in [2.05, 4.69) is 15.3 Å².